The molecule has 1 N–H and O–H groups in total. The van der Waals surface area contributed by atoms with E-state index in [4.69, 9.17) is 0 Å². The number of nitrogens with one attached hydrogen (secondary N) is 1. The van der Waals surface area contributed by atoms with Crippen LogP contribution in [0.3, 0.4) is 0 Å². The Labute approximate surface area is 117 Å². The number of anilines is 1. The van der Waals surface area contributed by atoms with Gasteiger partial charge in [0, 0.05) is 23.5 Å². The first-order valence-corrected chi connectivity index (χ1v) is 7.43. The molecule has 19 heavy (non-hydrogen) atoms. The summed E-state index contributed by atoms with van der Waals surface area (Å²) in [5.41, 5.74) is -0.00965. The summed E-state index contributed by atoms with van der Waals surface area (Å²) >= 11 is 1.63. The maximum atomic E-state index is 12.5. The average molecular weight is 278 g/mol. The van der Waals surface area contributed by atoms with Gasteiger partial charge in [0.2, 0.25) is 5.91 Å². The van der Waals surface area contributed by atoms with Crippen LogP contribution in [0.4, 0.5) is 5.69 Å². The Morgan fingerprint density at radius 2 is 2.05 bits per heavy atom. The van der Waals surface area contributed by atoms with Crippen LogP contribution in [-0.2, 0) is 9.59 Å². The molecule has 0 aromatic heterocycles. The molecule has 1 heterocycles. The highest BCUT2D eigenvalue weighted by Crippen LogP contribution is 2.25. The standard InChI is InChI=1S/C14H18N2O2S/c1-14(2)13(18)16(8-7-12(17)15-14)10-5-4-6-11(9-10)19-3/h4-6,9H,7-8H2,1-3H3,(H,15,17). The first-order chi connectivity index (χ1) is 8.94. The lowest BCUT2D eigenvalue weighted by atomic mass is 10.0. The number of amides is 2. The van der Waals surface area contributed by atoms with Crippen LogP contribution in [0.15, 0.2) is 29.2 Å². The molecule has 2 rings (SSSR count). The predicted octanol–water partition coefficient (Wildman–Crippen LogP) is 2.04. The Morgan fingerprint density at radius 3 is 2.74 bits per heavy atom. The van der Waals surface area contributed by atoms with Gasteiger partial charge in [-0.05, 0) is 38.3 Å². The number of benzene rings is 1. The van der Waals surface area contributed by atoms with Crippen LogP contribution in [0.1, 0.15) is 20.3 Å². The summed E-state index contributed by atoms with van der Waals surface area (Å²) < 4.78 is 0. The molecule has 102 valence electrons. The van der Waals surface area contributed by atoms with Crippen molar-refractivity contribution in [2.45, 2.75) is 30.7 Å². The molecule has 1 saturated heterocycles. The van der Waals surface area contributed by atoms with Gasteiger partial charge in [0.15, 0.2) is 0 Å². The van der Waals surface area contributed by atoms with Crippen molar-refractivity contribution >= 4 is 29.3 Å². The largest absolute Gasteiger partial charge is 0.342 e. The lowest BCUT2D eigenvalue weighted by Crippen LogP contribution is -2.53. The molecule has 0 aliphatic carbocycles. The maximum Gasteiger partial charge on any atom is 0.252 e. The summed E-state index contributed by atoms with van der Waals surface area (Å²) in [5, 5.41) is 2.76. The molecular formula is C14H18N2O2S. The topological polar surface area (TPSA) is 49.4 Å². The van der Waals surface area contributed by atoms with Crippen molar-refractivity contribution in [3.05, 3.63) is 24.3 Å². The van der Waals surface area contributed by atoms with Gasteiger partial charge in [-0.2, -0.15) is 0 Å². The number of nitrogens with zero attached hydrogens (tertiary/aromatic N) is 1. The first kappa shape index (κ1) is 13.9. The van der Waals surface area contributed by atoms with E-state index in [-0.39, 0.29) is 11.8 Å². The molecule has 4 nitrogen and oxygen atoms in total. The van der Waals surface area contributed by atoms with Crippen molar-refractivity contribution in [1.82, 2.24) is 5.32 Å². The Kier molecular flexibility index (Phi) is 3.85. The van der Waals surface area contributed by atoms with Gasteiger partial charge in [-0.1, -0.05) is 6.07 Å². The van der Waals surface area contributed by atoms with Gasteiger partial charge in [0.05, 0.1) is 0 Å². The molecule has 0 saturated carbocycles. The Bertz CT molecular complexity index is 514. The second kappa shape index (κ2) is 5.25. The van der Waals surface area contributed by atoms with Gasteiger partial charge >= 0.3 is 0 Å². The van der Waals surface area contributed by atoms with Gasteiger partial charge in [-0.25, -0.2) is 0 Å². The fraction of sp³-hybridized carbons (Fsp3) is 0.429. The highest BCUT2D eigenvalue weighted by Gasteiger charge is 2.37. The zero-order valence-electron chi connectivity index (χ0n) is 11.4. The monoisotopic (exact) mass is 278 g/mol. The number of carbonyl (C=O) groups is 2. The third-order valence-electron chi connectivity index (χ3n) is 3.16. The fourth-order valence-electron chi connectivity index (χ4n) is 2.14. The molecule has 1 aromatic carbocycles. The Hall–Kier alpha value is -1.49. The highest BCUT2D eigenvalue weighted by atomic mass is 32.2. The van der Waals surface area contributed by atoms with Crippen LogP contribution < -0.4 is 10.2 Å². The molecule has 1 aromatic rings. The first-order valence-electron chi connectivity index (χ1n) is 6.21. The number of hydrogen-bond donors (Lipinski definition) is 1. The molecule has 0 radical (unpaired) electrons. The van der Waals surface area contributed by atoms with Crippen LogP contribution >= 0.6 is 11.8 Å². The van der Waals surface area contributed by atoms with Crippen LogP contribution in [-0.4, -0.2) is 30.2 Å². The molecule has 1 aliphatic heterocycles. The summed E-state index contributed by atoms with van der Waals surface area (Å²) in [5.74, 6) is -0.154. The molecule has 0 spiro atoms. The highest BCUT2D eigenvalue weighted by molar-refractivity contribution is 7.98. The predicted molar refractivity (Wildman–Crippen MR) is 77.4 cm³/mol. The van der Waals surface area contributed by atoms with E-state index in [1.807, 2.05) is 30.5 Å². The zero-order chi connectivity index (χ0) is 14.0. The van der Waals surface area contributed by atoms with E-state index in [0.717, 1.165) is 10.6 Å². The number of carbonyl (C=O) groups excluding carboxylic acids is 2. The maximum absolute atomic E-state index is 12.5. The normalized spacial score (nSPS) is 19.0. The van der Waals surface area contributed by atoms with Gasteiger partial charge in [0.25, 0.3) is 5.91 Å². The van der Waals surface area contributed by atoms with Crippen molar-refractivity contribution in [2.24, 2.45) is 0 Å². The lowest BCUT2D eigenvalue weighted by molar-refractivity contribution is -0.128. The van der Waals surface area contributed by atoms with Crippen molar-refractivity contribution < 1.29 is 9.59 Å². The lowest BCUT2D eigenvalue weighted by Gasteiger charge is -2.29. The zero-order valence-corrected chi connectivity index (χ0v) is 12.2. The second-order valence-corrected chi connectivity index (χ2v) is 5.96. The third-order valence-corrected chi connectivity index (χ3v) is 3.88. The quantitative estimate of drug-likeness (QED) is 0.842. The third kappa shape index (κ3) is 2.92. The van der Waals surface area contributed by atoms with Crippen molar-refractivity contribution in [3.63, 3.8) is 0 Å². The van der Waals surface area contributed by atoms with E-state index in [9.17, 15) is 9.59 Å². The van der Waals surface area contributed by atoms with Crippen LogP contribution in [0.5, 0.6) is 0 Å². The van der Waals surface area contributed by atoms with Gasteiger partial charge < -0.3 is 10.2 Å². The van der Waals surface area contributed by atoms with Gasteiger partial charge in [-0.15, -0.1) is 11.8 Å². The van der Waals surface area contributed by atoms with Crippen LogP contribution in [0.2, 0.25) is 0 Å². The number of thioether (sulfide) groups is 1. The minimum Gasteiger partial charge on any atom is -0.342 e. The smallest absolute Gasteiger partial charge is 0.252 e. The minimum atomic E-state index is -0.858. The Morgan fingerprint density at radius 1 is 1.32 bits per heavy atom. The fourth-order valence-corrected chi connectivity index (χ4v) is 2.59. The van der Waals surface area contributed by atoms with E-state index in [1.54, 1.807) is 30.5 Å². The molecule has 1 aliphatic rings. The average Bonchev–Trinajstić information content (AvgIpc) is 2.47. The number of rotatable bonds is 2. The number of hydrogen-bond acceptors (Lipinski definition) is 3. The van der Waals surface area contributed by atoms with Crippen molar-refractivity contribution in [3.8, 4) is 0 Å². The summed E-state index contributed by atoms with van der Waals surface area (Å²) in [6.07, 6.45) is 2.33. The van der Waals surface area contributed by atoms with Crippen molar-refractivity contribution in [2.75, 3.05) is 17.7 Å². The molecule has 0 unspecified atom stereocenters. The van der Waals surface area contributed by atoms with Crippen LogP contribution in [0.25, 0.3) is 0 Å². The SMILES string of the molecule is CSc1cccc(N2CCC(=O)NC(C)(C)C2=O)c1. The second-order valence-electron chi connectivity index (χ2n) is 5.08. The summed E-state index contributed by atoms with van der Waals surface area (Å²) in [6, 6.07) is 7.82. The molecule has 0 bridgehead atoms. The van der Waals surface area contributed by atoms with E-state index in [1.165, 1.54) is 0 Å². The van der Waals surface area contributed by atoms with Crippen LogP contribution in [0, 0.1) is 0 Å². The molecular weight excluding hydrogens is 260 g/mol. The molecule has 2 amide bonds. The Balaban J connectivity index is 2.36. The molecule has 0 atom stereocenters. The summed E-state index contributed by atoms with van der Waals surface area (Å²) in [6.45, 7) is 3.90. The van der Waals surface area contributed by atoms with Gasteiger partial charge in [0.1, 0.15) is 5.54 Å². The van der Waals surface area contributed by atoms with E-state index in [2.05, 4.69) is 5.32 Å². The van der Waals surface area contributed by atoms with Crippen molar-refractivity contribution in [1.29, 1.82) is 0 Å². The minimum absolute atomic E-state index is 0.0726. The van der Waals surface area contributed by atoms with Gasteiger partial charge in [-0.3, -0.25) is 9.59 Å². The molecule has 5 heteroatoms. The molecule has 1 fully saturated rings. The van der Waals surface area contributed by atoms with E-state index >= 15 is 0 Å². The summed E-state index contributed by atoms with van der Waals surface area (Å²) in [4.78, 5) is 27.0. The van der Waals surface area contributed by atoms with E-state index < -0.39 is 5.54 Å². The van der Waals surface area contributed by atoms with E-state index in [0.29, 0.717) is 13.0 Å². The summed E-state index contributed by atoms with van der Waals surface area (Å²) in [7, 11) is 0.